The zero-order valence-electron chi connectivity index (χ0n) is 9.35. The van der Waals surface area contributed by atoms with Crippen molar-refractivity contribution >= 4 is 11.9 Å². The number of carboxylic acids is 2. The molecule has 8 nitrogen and oxygen atoms in total. The molecule has 3 unspecified atom stereocenters. The van der Waals surface area contributed by atoms with Gasteiger partial charge in [0.05, 0.1) is 6.10 Å². The Labute approximate surface area is 97.8 Å². The molecule has 0 spiro atoms. The van der Waals surface area contributed by atoms with E-state index in [-0.39, 0.29) is 12.7 Å². The van der Waals surface area contributed by atoms with Gasteiger partial charge in [-0.25, -0.2) is 9.59 Å². The molecule has 0 fully saturated rings. The van der Waals surface area contributed by atoms with Gasteiger partial charge in [0.15, 0.2) is 12.2 Å². The van der Waals surface area contributed by atoms with E-state index in [1.165, 1.54) is 0 Å². The van der Waals surface area contributed by atoms with Crippen LogP contribution >= 0.6 is 0 Å². The summed E-state index contributed by atoms with van der Waals surface area (Å²) in [5.74, 6) is -3.54. The molecule has 0 amide bonds. The topological polar surface area (TPSA) is 156 Å². The molecule has 0 aromatic heterocycles. The van der Waals surface area contributed by atoms with Crippen LogP contribution in [0.15, 0.2) is 0 Å². The summed E-state index contributed by atoms with van der Waals surface area (Å²) in [6.45, 7) is 1.90. The van der Waals surface area contributed by atoms with Gasteiger partial charge in [-0.05, 0) is 19.8 Å². The first-order chi connectivity index (χ1) is 7.73. The van der Waals surface area contributed by atoms with Gasteiger partial charge in [-0.15, -0.1) is 0 Å². The van der Waals surface area contributed by atoms with E-state index in [2.05, 4.69) is 0 Å². The highest BCUT2D eigenvalue weighted by Crippen LogP contribution is 1.93. The molecule has 0 saturated heterocycles. The van der Waals surface area contributed by atoms with Crippen LogP contribution in [0.25, 0.3) is 0 Å². The highest BCUT2D eigenvalue weighted by Gasteiger charge is 2.29. The normalized spacial score (nSPS) is 15.1. The highest BCUT2D eigenvalue weighted by molar-refractivity contribution is 5.83. The predicted octanol–water partition coefficient (Wildman–Crippen LogP) is -1.98. The third-order valence-corrected chi connectivity index (χ3v) is 1.59. The van der Waals surface area contributed by atoms with Crippen molar-refractivity contribution in [3.8, 4) is 0 Å². The lowest BCUT2D eigenvalue weighted by molar-refractivity contribution is -0.165. The fourth-order valence-corrected chi connectivity index (χ4v) is 0.657. The first-order valence-corrected chi connectivity index (χ1v) is 4.84. The molecule has 0 radical (unpaired) electrons. The molecular weight excluding hydrogens is 236 g/mol. The molecule has 0 rings (SSSR count). The Morgan fingerprint density at radius 1 is 1.00 bits per heavy atom. The van der Waals surface area contributed by atoms with Gasteiger partial charge in [0.2, 0.25) is 0 Å². The van der Waals surface area contributed by atoms with Crippen molar-refractivity contribution in [1.29, 1.82) is 0 Å². The summed E-state index contributed by atoms with van der Waals surface area (Å²) < 4.78 is 0. The van der Waals surface area contributed by atoms with Crippen LogP contribution in [-0.2, 0) is 9.59 Å². The quantitative estimate of drug-likeness (QED) is 0.318. The molecule has 0 aromatic rings. The van der Waals surface area contributed by atoms with Gasteiger partial charge in [-0.2, -0.15) is 0 Å². The first-order valence-electron chi connectivity index (χ1n) is 4.84. The van der Waals surface area contributed by atoms with Crippen LogP contribution in [0, 0.1) is 0 Å². The summed E-state index contributed by atoms with van der Waals surface area (Å²) in [5, 5.41) is 49.3. The fourth-order valence-electron chi connectivity index (χ4n) is 0.657. The van der Waals surface area contributed by atoms with Crippen molar-refractivity contribution < 1.29 is 40.2 Å². The Balaban J connectivity index is 0. The van der Waals surface area contributed by atoms with Gasteiger partial charge in [-0.3, -0.25) is 0 Å². The van der Waals surface area contributed by atoms with Crippen molar-refractivity contribution in [3.63, 3.8) is 0 Å². The molecule has 0 aliphatic rings. The summed E-state index contributed by atoms with van der Waals surface area (Å²) in [6.07, 6.45) is -3.38. The van der Waals surface area contributed by atoms with E-state index in [0.717, 1.165) is 0 Å². The van der Waals surface area contributed by atoms with E-state index in [1.54, 1.807) is 6.92 Å². The Morgan fingerprint density at radius 3 is 1.47 bits per heavy atom. The van der Waals surface area contributed by atoms with Crippen molar-refractivity contribution in [1.82, 2.24) is 0 Å². The minimum Gasteiger partial charge on any atom is -0.479 e. The molecule has 0 heterocycles. The molecule has 17 heavy (non-hydrogen) atoms. The Bertz CT molecular complexity index is 209. The van der Waals surface area contributed by atoms with Crippen LogP contribution in [0.5, 0.6) is 0 Å². The maximum atomic E-state index is 9.77. The standard InChI is InChI=1S/C5H12O2.C4H6O6/c1-5(7)3-2-4-6;5-1(3(7)8)2(6)4(9)10/h5-7H,2-4H2,1H3;1-2,5-6H,(H,7,8)(H,9,10). The predicted molar refractivity (Wildman–Crippen MR) is 55.3 cm³/mol. The molecule has 102 valence electrons. The molecule has 0 saturated carbocycles. The van der Waals surface area contributed by atoms with Crippen LogP contribution < -0.4 is 0 Å². The average Bonchev–Trinajstić information content (AvgIpc) is 2.24. The smallest absolute Gasteiger partial charge is 0.335 e. The van der Waals surface area contributed by atoms with Crippen molar-refractivity contribution in [3.05, 3.63) is 0 Å². The van der Waals surface area contributed by atoms with E-state index in [4.69, 9.17) is 30.6 Å². The second kappa shape index (κ2) is 9.97. The van der Waals surface area contributed by atoms with Gasteiger partial charge in [-0.1, -0.05) is 0 Å². The van der Waals surface area contributed by atoms with Gasteiger partial charge in [0.1, 0.15) is 0 Å². The highest BCUT2D eigenvalue weighted by atomic mass is 16.4. The molecule has 0 bridgehead atoms. The van der Waals surface area contributed by atoms with Crippen LogP contribution in [0.3, 0.4) is 0 Å². The molecule has 0 aromatic carbocycles. The zero-order chi connectivity index (χ0) is 14.0. The number of aliphatic carboxylic acids is 2. The maximum Gasteiger partial charge on any atom is 0.335 e. The number of carbonyl (C=O) groups is 2. The minimum absolute atomic E-state index is 0.185. The van der Waals surface area contributed by atoms with Gasteiger partial charge < -0.3 is 30.6 Å². The summed E-state index contributed by atoms with van der Waals surface area (Å²) in [6, 6.07) is 0. The second-order valence-corrected chi connectivity index (χ2v) is 3.28. The van der Waals surface area contributed by atoms with Gasteiger partial charge in [0.25, 0.3) is 0 Å². The Kier molecular flexibility index (Phi) is 10.6. The molecule has 0 aliphatic carbocycles. The van der Waals surface area contributed by atoms with Crippen molar-refractivity contribution in [2.75, 3.05) is 6.61 Å². The average molecular weight is 254 g/mol. The molecule has 0 aliphatic heterocycles. The Hall–Kier alpha value is -1.22. The first kappa shape index (κ1) is 18.2. The lowest BCUT2D eigenvalue weighted by Crippen LogP contribution is -2.39. The van der Waals surface area contributed by atoms with Crippen LogP contribution in [0.4, 0.5) is 0 Å². The molecule has 6 N–H and O–H groups in total. The minimum atomic E-state index is -2.27. The van der Waals surface area contributed by atoms with Crippen molar-refractivity contribution in [2.24, 2.45) is 0 Å². The van der Waals surface area contributed by atoms with E-state index in [9.17, 15) is 9.59 Å². The van der Waals surface area contributed by atoms with E-state index < -0.39 is 24.1 Å². The summed E-state index contributed by atoms with van der Waals surface area (Å²) in [7, 11) is 0. The summed E-state index contributed by atoms with van der Waals surface area (Å²) >= 11 is 0. The number of aliphatic hydroxyl groups is 4. The third kappa shape index (κ3) is 11.1. The van der Waals surface area contributed by atoms with Gasteiger partial charge >= 0.3 is 11.9 Å². The number of hydrogen-bond donors (Lipinski definition) is 6. The monoisotopic (exact) mass is 254 g/mol. The number of hydrogen-bond acceptors (Lipinski definition) is 6. The SMILES string of the molecule is CC(O)CCCO.O=C(O)C(O)C(O)C(=O)O. The van der Waals surface area contributed by atoms with Crippen LogP contribution in [0.2, 0.25) is 0 Å². The van der Waals surface area contributed by atoms with E-state index in [1.807, 2.05) is 0 Å². The van der Waals surface area contributed by atoms with Crippen LogP contribution in [-0.4, -0.2) is 67.5 Å². The number of carboxylic acid groups (broad SMARTS) is 2. The fraction of sp³-hybridized carbons (Fsp3) is 0.778. The summed E-state index contributed by atoms with van der Waals surface area (Å²) in [4.78, 5) is 19.5. The van der Waals surface area contributed by atoms with E-state index >= 15 is 0 Å². The zero-order valence-corrected chi connectivity index (χ0v) is 9.35. The largest absolute Gasteiger partial charge is 0.479 e. The van der Waals surface area contributed by atoms with E-state index in [0.29, 0.717) is 12.8 Å². The lowest BCUT2D eigenvalue weighted by Gasteiger charge is -2.07. The molecule has 8 heteroatoms. The third-order valence-electron chi connectivity index (χ3n) is 1.59. The molecular formula is C9H18O8. The molecule has 3 atom stereocenters. The van der Waals surface area contributed by atoms with Gasteiger partial charge in [0, 0.05) is 6.61 Å². The lowest BCUT2D eigenvalue weighted by atomic mass is 10.2. The summed E-state index contributed by atoms with van der Waals surface area (Å²) in [5.41, 5.74) is 0. The number of rotatable bonds is 6. The number of aliphatic hydroxyl groups excluding tert-OH is 4. The van der Waals surface area contributed by atoms with Crippen molar-refractivity contribution in [2.45, 2.75) is 38.1 Å². The maximum absolute atomic E-state index is 9.77. The second-order valence-electron chi connectivity index (χ2n) is 3.28. The van der Waals surface area contributed by atoms with Crippen LogP contribution in [0.1, 0.15) is 19.8 Å². The Morgan fingerprint density at radius 2 is 1.35 bits per heavy atom.